The van der Waals surface area contributed by atoms with Crippen molar-refractivity contribution in [3.8, 4) is 5.75 Å². The lowest BCUT2D eigenvalue weighted by Gasteiger charge is -2.30. The highest BCUT2D eigenvalue weighted by atomic mass is 32.2. The molecule has 0 radical (unpaired) electrons. The second-order valence-electron chi connectivity index (χ2n) is 7.15. The number of ether oxygens (including phenoxy) is 1. The van der Waals surface area contributed by atoms with E-state index in [0.717, 1.165) is 29.7 Å². The number of benzene rings is 1. The second kappa shape index (κ2) is 8.79. The molecule has 2 amide bonds. The number of hydrogen-bond acceptors (Lipinski definition) is 6. The maximum Gasteiger partial charge on any atom is 0.289 e. The van der Waals surface area contributed by atoms with Gasteiger partial charge < -0.3 is 19.4 Å². The molecule has 1 aliphatic heterocycles. The Morgan fingerprint density at radius 2 is 2.03 bits per heavy atom. The first-order valence-electron chi connectivity index (χ1n) is 9.74. The van der Waals surface area contributed by atoms with E-state index in [2.05, 4.69) is 10.3 Å². The molecule has 3 aromatic rings. The molecule has 1 aliphatic rings. The van der Waals surface area contributed by atoms with E-state index in [-0.39, 0.29) is 17.9 Å². The third kappa shape index (κ3) is 4.14. The van der Waals surface area contributed by atoms with E-state index in [1.165, 1.54) is 19.5 Å². The van der Waals surface area contributed by atoms with Crippen molar-refractivity contribution in [1.29, 1.82) is 0 Å². The lowest BCUT2D eigenvalue weighted by molar-refractivity contribution is 0.0693. The van der Waals surface area contributed by atoms with E-state index < -0.39 is 0 Å². The maximum atomic E-state index is 12.9. The molecule has 1 saturated heterocycles. The van der Waals surface area contributed by atoms with E-state index >= 15 is 0 Å². The largest absolute Gasteiger partial charge is 0.494 e. The smallest absolute Gasteiger partial charge is 0.289 e. The number of nitrogens with one attached hydrogen (secondary N) is 1. The fourth-order valence-electron chi connectivity index (χ4n) is 3.57. The number of hydrogen-bond donors (Lipinski definition) is 1. The van der Waals surface area contributed by atoms with Crippen LogP contribution in [0.3, 0.4) is 0 Å². The number of thioether (sulfide) groups is 1. The number of pyridine rings is 1. The van der Waals surface area contributed by atoms with Crippen molar-refractivity contribution in [2.75, 3.05) is 31.0 Å². The van der Waals surface area contributed by atoms with Gasteiger partial charge in [0.05, 0.1) is 18.9 Å². The molecular weight excluding hydrogens is 402 g/mol. The van der Waals surface area contributed by atoms with E-state index in [1.54, 1.807) is 35.2 Å². The van der Waals surface area contributed by atoms with Crippen molar-refractivity contribution in [3.63, 3.8) is 0 Å². The summed E-state index contributed by atoms with van der Waals surface area (Å²) in [5, 5.41) is 3.61. The average molecular weight is 426 g/mol. The molecule has 156 valence electrons. The zero-order chi connectivity index (χ0) is 21.1. The predicted molar refractivity (Wildman–Crippen MR) is 117 cm³/mol. The van der Waals surface area contributed by atoms with Crippen molar-refractivity contribution < 1.29 is 18.7 Å². The number of anilines is 1. The van der Waals surface area contributed by atoms with Gasteiger partial charge in [-0.2, -0.15) is 11.8 Å². The zero-order valence-corrected chi connectivity index (χ0v) is 17.7. The molecule has 0 bridgehead atoms. The van der Waals surface area contributed by atoms with Gasteiger partial charge in [0.1, 0.15) is 11.3 Å². The number of rotatable bonds is 5. The zero-order valence-electron chi connectivity index (χ0n) is 16.9. The molecule has 1 N–H and O–H groups in total. The molecule has 2 aromatic heterocycles. The highest BCUT2D eigenvalue weighted by molar-refractivity contribution is 7.99. The third-order valence-corrected chi connectivity index (χ3v) is 6.34. The number of carbonyl (C=O) groups is 2. The summed E-state index contributed by atoms with van der Waals surface area (Å²) in [7, 11) is 3.33. The summed E-state index contributed by atoms with van der Waals surface area (Å²) >= 11 is 1.93. The van der Waals surface area contributed by atoms with Gasteiger partial charge in [-0.3, -0.25) is 14.6 Å². The van der Waals surface area contributed by atoms with Crippen molar-refractivity contribution in [2.45, 2.75) is 18.9 Å². The predicted octanol–water partition coefficient (Wildman–Crippen LogP) is 4.06. The van der Waals surface area contributed by atoms with Gasteiger partial charge in [0, 0.05) is 30.4 Å². The molecular formula is C22H23N3O4S. The maximum absolute atomic E-state index is 12.9. The molecule has 8 heteroatoms. The summed E-state index contributed by atoms with van der Waals surface area (Å²) in [6, 6.07) is 8.86. The van der Waals surface area contributed by atoms with Crippen LogP contribution in [-0.4, -0.2) is 53.4 Å². The van der Waals surface area contributed by atoms with Crippen LogP contribution in [0.15, 0.2) is 47.1 Å². The van der Waals surface area contributed by atoms with Gasteiger partial charge in [0.25, 0.3) is 11.8 Å². The van der Waals surface area contributed by atoms with Crippen LogP contribution < -0.4 is 10.1 Å². The average Bonchev–Trinajstić information content (AvgIpc) is 3.22. The van der Waals surface area contributed by atoms with Gasteiger partial charge in [-0.15, -0.1) is 0 Å². The molecule has 0 unspecified atom stereocenters. The first-order chi connectivity index (χ1) is 14.6. The Labute approximate surface area is 178 Å². The molecule has 1 fully saturated rings. The number of carbonyl (C=O) groups excluding carboxylic acids is 2. The molecule has 0 aliphatic carbocycles. The second-order valence-corrected chi connectivity index (χ2v) is 8.38. The van der Waals surface area contributed by atoms with Crippen molar-refractivity contribution in [3.05, 3.63) is 54.0 Å². The number of aromatic nitrogens is 1. The summed E-state index contributed by atoms with van der Waals surface area (Å²) in [6.45, 7) is 0. The van der Waals surface area contributed by atoms with Gasteiger partial charge in [-0.25, -0.2) is 0 Å². The molecule has 7 nitrogen and oxygen atoms in total. The molecule has 3 heterocycles. The Balaban J connectivity index is 1.52. The number of nitrogens with zero attached hydrogens (tertiary/aromatic N) is 2. The molecule has 4 rings (SSSR count). The standard InChI is InChI=1S/C22H23N3O4S/c1-25(16-6-9-30-10-7-16)22(27)19-12-14-11-15(3-4-18(14)29-19)24-21(26)17-5-8-23-13-20(17)28-2/h3-5,8,11-13,16H,6-7,9-10H2,1-2H3,(H,24,26). The van der Waals surface area contributed by atoms with E-state index in [1.807, 2.05) is 18.8 Å². The number of amides is 2. The fraction of sp³-hybridized carbons (Fsp3) is 0.318. The topological polar surface area (TPSA) is 84.7 Å². The van der Waals surface area contributed by atoms with Crippen LogP contribution in [0.5, 0.6) is 5.75 Å². The van der Waals surface area contributed by atoms with Gasteiger partial charge in [0.15, 0.2) is 5.76 Å². The van der Waals surface area contributed by atoms with Crippen LogP contribution in [0.25, 0.3) is 11.0 Å². The lowest BCUT2D eigenvalue weighted by Crippen LogP contribution is -2.39. The third-order valence-electron chi connectivity index (χ3n) is 5.29. The summed E-state index contributed by atoms with van der Waals surface area (Å²) in [5.41, 5.74) is 1.59. The van der Waals surface area contributed by atoms with Crippen molar-refractivity contribution >= 4 is 40.2 Å². The Hall–Kier alpha value is -3.00. The van der Waals surface area contributed by atoms with Crippen LogP contribution in [0, 0.1) is 0 Å². The molecule has 0 spiro atoms. The van der Waals surface area contributed by atoms with Crippen LogP contribution in [-0.2, 0) is 0 Å². The number of methoxy groups -OCH3 is 1. The van der Waals surface area contributed by atoms with E-state index in [9.17, 15) is 9.59 Å². The van der Waals surface area contributed by atoms with Gasteiger partial charge >= 0.3 is 0 Å². The Kier molecular flexibility index (Phi) is 5.94. The summed E-state index contributed by atoms with van der Waals surface area (Å²) < 4.78 is 11.0. The van der Waals surface area contributed by atoms with Gasteiger partial charge in [0.2, 0.25) is 0 Å². The van der Waals surface area contributed by atoms with Crippen LogP contribution >= 0.6 is 11.8 Å². The summed E-state index contributed by atoms with van der Waals surface area (Å²) in [6.07, 6.45) is 5.03. The van der Waals surface area contributed by atoms with E-state index in [4.69, 9.17) is 9.15 Å². The Morgan fingerprint density at radius 1 is 1.23 bits per heavy atom. The normalized spacial score (nSPS) is 14.5. The van der Waals surface area contributed by atoms with Gasteiger partial charge in [-0.1, -0.05) is 0 Å². The summed E-state index contributed by atoms with van der Waals surface area (Å²) in [5.74, 6) is 2.45. The molecule has 30 heavy (non-hydrogen) atoms. The molecule has 1 aromatic carbocycles. The first kappa shape index (κ1) is 20.3. The minimum Gasteiger partial charge on any atom is -0.494 e. The number of fused-ring (bicyclic) bond motifs is 1. The van der Waals surface area contributed by atoms with Crippen molar-refractivity contribution in [1.82, 2.24) is 9.88 Å². The lowest BCUT2D eigenvalue weighted by atomic mass is 10.1. The minimum atomic E-state index is -0.303. The molecule has 0 saturated carbocycles. The van der Waals surface area contributed by atoms with Crippen LogP contribution in [0.2, 0.25) is 0 Å². The highest BCUT2D eigenvalue weighted by Crippen LogP contribution is 2.27. The van der Waals surface area contributed by atoms with Crippen LogP contribution in [0.1, 0.15) is 33.8 Å². The van der Waals surface area contributed by atoms with Gasteiger partial charge in [-0.05, 0) is 54.7 Å². The Bertz CT molecular complexity index is 1080. The number of furan rings is 1. The summed E-state index contributed by atoms with van der Waals surface area (Å²) in [4.78, 5) is 31.2. The first-order valence-corrected chi connectivity index (χ1v) is 10.9. The van der Waals surface area contributed by atoms with E-state index in [0.29, 0.717) is 28.3 Å². The quantitative estimate of drug-likeness (QED) is 0.664. The Morgan fingerprint density at radius 3 is 2.80 bits per heavy atom. The highest BCUT2D eigenvalue weighted by Gasteiger charge is 2.25. The van der Waals surface area contributed by atoms with Crippen LogP contribution in [0.4, 0.5) is 5.69 Å². The SMILES string of the molecule is COc1cnccc1C(=O)Nc1ccc2oc(C(=O)N(C)C3CCSCC3)cc2c1. The minimum absolute atomic E-state index is 0.116. The fourth-order valence-corrected chi connectivity index (χ4v) is 4.65. The monoisotopic (exact) mass is 425 g/mol. The van der Waals surface area contributed by atoms with Crippen molar-refractivity contribution in [2.24, 2.45) is 0 Å². The molecule has 0 atom stereocenters.